The molecule has 0 unspecified atom stereocenters. The summed E-state index contributed by atoms with van der Waals surface area (Å²) < 4.78 is 86.9. The van der Waals surface area contributed by atoms with E-state index in [9.17, 15) is 40.0 Å². The van der Waals surface area contributed by atoms with E-state index < -0.39 is 51.7 Å². The first-order valence-corrected chi connectivity index (χ1v) is 7.61. The second kappa shape index (κ2) is 7.55. The third-order valence-electron chi connectivity index (χ3n) is 2.47. The number of hydrogen-bond donors (Lipinski definition) is 1. The first-order chi connectivity index (χ1) is 10.9. The summed E-state index contributed by atoms with van der Waals surface area (Å²) in [5, 5.41) is 1.47. The minimum absolute atomic E-state index is 0.271. The van der Waals surface area contributed by atoms with Crippen molar-refractivity contribution in [2.45, 2.75) is 16.8 Å². The quantitative estimate of drug-likeness (QED) is 0.602. The molecule has 1 N–H and O–H groups in total. The van der Waals surface area contributed by atoms with Crippen LogP contribution < -0.4 is 5.32 Å². The Balaban J connectivity index is 2.62. The lowest BCUT2D eigenvalue weighted by molar-refractivity contribution is -0.140. The van der Waals surface area contributed by atoms with Crippen LogP contribution in [-0.2, 0) is 19.4 Å². The molecule has 0 atom stereocenters. The summed E-state index contributed by atoms with van der Waals surface area (Å²) in [7, 11) is -4.82. The van der Waals surface area contributed by atoms with E-state index in [1.165, 1.54) is 5.32 Å². The molecule has 0 aromatic heterocycles. The zero-order valence-electron chi connectivity index (χ0n) is 11.6. The fourth-order valence-electron chi connectivity index (χ4n) is 1.35. The predicted molar refractivity (Wildman–Crippen MR) is 69.0 cm³/mol. The van der Waals surface area contributed by atoms with Crippen LogP contribution in [0.25, 0.3) is 0 Å². The molecule has 1 aromatic rings. The summed E-state index contributed by atoms with van der Waals surface area (Å²) in [6, 6.07) is 3.21. The summed E-state index contributed by atoms with van der Waals surface area (Å²) in [5.74, 6) is -5.97. The number of nitrogens with one attached hydrogen (secondary N) is 1. The molecular weight excluding hydrogens is 365 g/mol. The zero-order chi connectivity index (χ0) is 18.5. The van der Waals surface area contributed by atoms with Gasteiger partial charge in [-0.15, -0.1) is 0 Å². The second-order valence-corrected chi connectivity index (χ2v) is 6.22. The van der Waals surface area contributed by atoms with Gasteiger partial charge in [0.2, 0.25) is 9.84 Å². The minimum Gasteiger partial charge on any atom is -0.452 e. The van der Waals surface area contributed by atoms with Crippen molar-refractivity contribution in [3.05, 3.63) is 29.8 Å². The first kappa shape index (κ1) is 19.8. The van der Waals surface area contributed by atoms with Crippen molar-refractivity contribution in [2.24, 2.45) is 0 Å². The summed E-state index contributed by atoms with van der Waals surface area (Å²) in [5.41, 5.74) is -0.271. The molecule has 24 heavy (non-hydrogen) atoms. The Hall–Kier alpha value is -2.24. The molecule has 6 nitrogen and oxygen atoms in total. The summed E-state index contributed by atoms with van der Waals surface area (Å²) >= 11 is 0. The van der Waals surface area contributed by atoms with Gasteiger partial charge in [-0.1, -0.05) is 0 Å². The number of hydrogen-bond acceptors (Lipinski definition) is 5. The zero-order valence-corrected chi connectivity index (χ0v) is 12.5. The molecule has 0 radical (unpaired) electrons. The highest BCUT2D eigenvalue weighted by Crippen LogP contribution is 2.19. The van der Waals surface area contributed by atoms with Crippen molar-refractivity contribution >= 4 is 21.7 Å². The first-order valence-electron chi connectivity index (χ1n) is 6.06. The van der Waals surface area contributed by atoms with Gasteiger partial charge in [0.05, 0.1) is 10.5 Å². The van der Waals surface area contributed by atoms with Crippen molar-refractivity contribution in [2.75, 3.05) is 13.2 Å². The number of halogens is 5. The number of carbonyl (C=O) groups excluding carboxylic acids is 2. The molecule has 134 valence electrons. The second-order valence-electron chi connectivity index (χ2n) is 4.30. The van der Waals surface area contributed by atoms with E-state index in [2.05, 4.69) is 4.74 Å². The Morgan fingerprint density at radius 3 is 2.12 bits per heavy atom. The van der Waals surface area contributed by atoms with Gasteiger partial charge in [0, 0.05) is 0 Å². The topological polar surface area (TPSA) is 89.5 Å². The number of alkyl halides is 5. The van der Waals surface area contributed by atoms with Crippen molar-refractivity contribution in [3.8, 4) is 0 Å². The number of benzene rings is 1. The predicted octanol–water partition coefficient (Wildman–Crippen LogP) is 1.52. The molecule has 0 heterocycles. The smallest absolute Gasteiger partial charge is 0.405 e. The monoisotopic (exact) mass is 375 g/mol. The largest absolute Gasteiger partial charge is 0.452 e. The van der Waals surface area contributed by atoms with E-state index >= 15 is 0 Å². The molecule has 1 aromatic carbocycles. The van der Waals surface area contributed by atoms with Crippen LogP contribution in [-0.4, -0.2) is 45.4 Å². The molecule has 0 aliphatic heterocycles. The molecule has 0 saturated heterocycles. The number of sulfone groups is 1. The van der Waals surface area contributed by atoms with Gasteiger partial charge in [-0.05, 0) is 24.3 Å². The van der Waals surface area contributed by atoms with E-state index in [4.69, 9.17) is 0 Å². The highest BCUT2D eigenvalue weighted by molar-refractivity contribution is 7.91. The molecule has 0 spiro atoms. The molecule has 1 rings (SSSR count). The molecule has 0 bridgehead atoms. The van der Waals surface area contributed by atoms with Gasteiger partial charge in [-0.3, -0.25) is 4.79 Å². The van der Waals surface area contributed by atoms with E-state index in [-0.39, 0.29) is 5.56 Å². The number of carbonyl (C=O) groups is 2. The van der Waals surface area contributed by atoms with Gasteiger partial charge < -0.3 is 10.1 Å². The lowest BCUT2D eigenvalue weighted by Gasteiger charge is -2.09. The maximum Gasteiger partial charge on any atom is 0.405 e. The summed E-state index contributed by atoms with van der Waals surface area (Å²) in [6.07, 6.45) is -4.62. The summed E-state index contributed by atoms with van der Waals surface area (Å²) in [6.45, 7) is -2.59. The van der Waals surface area contributed by atoms with Gasteiger partial charge in [0.15, 0.2) is 6.61 Å². The van der Waals surface area contributed by atoms with Crippen molar-refractivity contribution < 1.29 is 44.7 Å². The van der Waals surface area contributed by atoms with Gasteiger partial charge >= 0.3 is 17.9 Å². The lowest BCUT2D eigenvalue weighted by Crippen LogP contribution is -2.36. The van der Waals surface area contributed by atoms with E-state index in [0.29, 0.717) is 0 Å². The Morgan fingerprint density at radius 1 is 1.12 bits per heavy atom. The SMILES string of the molecule is O=C(COC(=O)c1ccc(S(=O)(=O)C(F)F)cc1)NCC(F)(F)F. The summed E-state index contributed by atoms with van der Waals surface area (Å²) in [4.78, 5) is 21.8. The van der Waals surface area contributed by atoms with Crippen LogP contribution in [0.15, 0.2) is 29.2 Å². The Kier molecular flexibility index (Phi) is 6.23. The highest BCUT2D eigenvalue weighted by Gasteiger charge is 2.28. The van der Waals surface area contributed by atoms with E-state index in [1.807, 2.05) is 0 Å². The molecule has 0 fully saturated rings. The molecule has 12 heteroatoms. The van der Waals surface area contributed by atoms with Crippen LogP contribution in [0.4, 0.5) is 22.0 Å². The standard InChI is InChI=1S/C12H10F5NO5S/c13-11(14)24(21,22)8-3-1-7(2-4-8)10(20)23-5-9(19)18-6-12(15,16)17/h1-4,11H,5-6H2,(H,18,19). The Labute approximate surface area is 132 Å². The average Bonchev–Trinajstić information content (AvgIpc) is 2.49. The Bertz CT molecular complexity index is 700. The van der Waals surface area contributed by atoms with Gasteiger partial charge in [0.1, 0.15) is 6.54 Å². The number of amides is 1. The number of rotatable bonds is 6. The molecule has 0 saturated carbocycles. The van der Waals surface area contributed by atoms with E-state index in [0.717, 1.165) is 24.3 Å². The molecule has 0 aliphatic carbocycles. The fourth-order valence-corrected chi connectivity index (χ4v) is 2.07. The minimum atomic E-state index is -4.82. The molecule has 0 aliphatic rings. The van der Waals surface area contributed by atoms with Crippen LogP contribution in [0.5, 0.6) is 0 Å². The maximum atomic E-state index is 12.3. The number of esters is 1. The molecular formula is C12H10F5NO5S. The van der Waals surface area contributed by atoms with Crippen molar-refractivity contribution in [1.82, 2.24) is 5.32 Å². The van der Waals surface area contributed by atoms with E-state index in [1.54, 1.807) is 0 Å². The molecule has 1 amide bonds. The third kappa shape index (κ3) is 5.76. The fraction of sp³-hybridized carbons (Fsp3) is 0.333. The van der Waals surface area contributed by atoms with Crippen LogP contribution in [0.3, 0.4) is 0 Å². The number of ether oxygens (including phenoxy) is 1. The van der Waals surface area contributed by atoms with Crippen LogP contribution >= 0.6 is 0 Å². The van der Waals surface area contributed by atoms with Gasteiger partial charge in [-0.2, -0.15) is 22.0 Å². The van der Waals surface area contributed by atoms with Crippen molar-refractivity contribution in [3.63, 3.8) is 0 Å². The average molecular weight is 375 g/mol. The van der Waals surface area contributed by atoms with Gasteiger partial charge in [0.25, 0.3) is 5.91 Å². The van der Waals surface area contributed by atoms with Gasteiger partial charge in [-0.25, -0.2) is 13.2 Å². The third-order valence-corrected chi connectivity index (χ3v) is 3.87. The lowest BCUT2D eigenvalue weighted by atomic mass is 10.2. The van der Waals surface area contributed by atoms with Crippen LogP contribution in [0.1, 0.15) is 10.4 Å². The maximum absolute atomic E-state index is 12.3. The van der Waals surface area contributed by atoms with Crippen molar-refractivity contribution in [1.29, 1.82) is 0 Å². The Morgan fingerprint density at radius 2 is 1.67 bits per heavy atom. The normalized spacial score (nSPS) is 12.1. The van der Waals surface area contributed by atoms with Crippen LogP contribution in [0, 0.1) is 0 Å². The van der Waals surface area contributed by atoms with Crippen LogP contribution in [0.2, 0.25) is 0 Å². The highest BCUT2D eigenvalue weighted by atomic mass is 32.2.